The molecule has 27 heavy (non-hydrogen) atoms. The molecular formula is C17H22F3N3O4. The number of rotatable bonds is 4. The summed E-state index contributed by atoms with van der Waals surface area (Å²) in [6.07, 6.45) is -5.07. The zero-order chi connectivity index (χ0) is 19.8. The van der Waals surface area contributed by atoms with Gasteiger partial charge in [-0.2, -0.15) is 13.2 Å². The van der Waals surface area contributed by atoms with E-state index in [1.54, 1.807) is 21.3 Å². The molecule has 1 amide bonds. The van der Waals surface area contributed by atoms with Crippen molar-refractivity contribution in [1.29, 1.82) is 0 Å². The second kappa shape index (κ2) is 7.51. The van der Waals surface area contributed by atoms with Gasteiger partial charge in [0.05, 0.1) is 30.9 Å². The normalized spacial score (nSPS) is 21.2. The average Bonchev–Trinajstić information content (AvgIpc) is 2.99. The summed E-state index contributed by atoms with van der Waals surface area (Å²) in [6.45, 7) is 3.63. The van der Waals surface area contributed by atoms with Crippen molar-refractivity contribution in [1.82, 2.24) is 14.4 Å². The molecule has 1 atom stereocenters. The number of halogens is 3. The number of piperazine rings is 1. The van der Waals surface area contributed by atoms with Crippen molar-refractivity contribution in [2.75, 3.05) is 32.8 Å². The van der Waals surface area contributed by atoms with Crippen LogP contribution in [0.5, 0.6) is 0 Å². The second-order valence-electron chi connectivity index (χ2n) is 6.91. The van der Waals surface area contributed by atoms with Crippen molar-refractivity contribution in [3.05, 3.63) is 23.0 Å². The van der Waals surface area contributed by atoms with E-state index in [0.717, 1.165) is 0 Å². The Labute approximate surface area is 154 Å². The zero-order valence-corrected chi connectivity index (χ0v) is 15.0. The van der Waals surface area contributed by atoms with Crippen molar-refractivity contribution in [3.8, 4) is 0 Å². The highest BCUT2D eigenvalue weighted by atomic mass is 19.4. The number of nitrogens with zero attached hydrogens (tertiary/aromatic N) is 3. The van der Waals surface area contributed by atoms with E-state index in [2.05, 4.69) is 0 Å². The lowest BCUT2D eigenvalue weighted by Gasteiger charge is -2.40. The summed E-state index contributed by atoms with van der Waals surface area (Å²) in [5.41, 5.74) is 0.810. The number of carbonyl (C=O) groups is 2. The number of aromatic carboxylic acids is 1. The smallest absolute Gasteiger partial charge is 0.390 e. The summed E-state index contributed by atoms with van der Waals surface area (Å²) in [4.78, 5) is 27.8. The van der Waals surface area contributed by atoms with Gasteiger partial charge in [-0.3, -0.25) is 9.69 Å². The van der Waals surface area contributed by atoms with Crippen LogP contribution in [-0.4, -0.2) is 76.4 Å². The van der Waals surface area contributed by atoms with Crippen molar-refractivity contribution < 1.29 is 32.6 Å². The summed E-state index contributed by atoms with van der Waals surface area (Å²) in [7, 11) is 0. The van der Waals surface area contributed by atoms with Crippen LogP contribution in [0.25, 0.3) is 0 Å². The third-order valence-electron chi connectivity index (χ3n) is 5.04. The third kappa shape index (κ3) is 4.27. The van der Waals surface area contributed by atoms with E-state index in [9.17, 15) is 27.9 Å². The first-order valence-corrected chi connectivity index (χ1v) is 8.81. The maximum absolute atomic E-state index is 13.0. The van der Waals surface area contributed by atoms with Crippen LogP contribution in [0.4, 0.5) is 13.2 Å². The highest BCUT2D eigenvalue weighted by Crippen LogP contribution is 2.25. The van der Waals surface area contributed by atoms with Gasteiger partial charge in [0.1, 0.15) is 5.69 Å². The fourth-order valence-electron chi connectivity index (χ4n) is 3.66. The lowest BCUT2D eigenvalue weighted by molar-refractivity contribution is -0.139. The minimum Gasteiger partial charge on any atom is -0.478 e. The van der Waals surface area contributed by atoms with Crippen LogP contribution in [0.3, 0.4) is 0 Å². The number of carboxylic acid groups (broad SMARTS) is 1. The van der Waals surface area contributed by atoms with E-state index in [-0.39, 0.29) is 30.7 Å². The van der Waals surface area contributed by atoms with Crippen LogP contribution < -0.4 is 0 Å². The fraction of sp³-hybridized carbons (Fsp3) is 0.647. The molecule has 1 saturated heterocycles. The van der Waals surface area contributed by atoms with Gasteiger partial charge in [-0.25, -0.2) is 4.79 Å². The third-order valence-corrected chi connectivity index (χ3v) is 5.04. The molecular weight excluding hydrogens is 367 g/mol. The molecule has 0 spiro atoms. The van der Waals surface area contributed by atoms with Gasteiger partial charge in [0.25, 0.3) is 5.91 Å². The van der Waals surface area contributed by atoms with Gasteiger partial charge in [0.2, 0.25) is 0 Å². The summed E-state index contributed by atoms with van der Waals surface area (Å²) in [5.74, 6) is -1.41. The van der Waals surface area contributed by atoms with E-state index in [4.69, 9.17) is 4.74 Å². The maximum Gasteiger partial charge on any atom is 0.390 e. The van der Waals surface area contributed by atoms with Gasteiger partial charge in [0.15, 0.2) is 0 Å². The molecule has 0 saturated carbocycles. The first-order chi connectivity index (χ1) is 12.7. The van der Waals surface area contributed by atoms with E-state index < -0.39 is 18.6 Å². The Morgan fingerprint density at radius 3 is 2.67 bits per heavy atom. The Morgan fingerprint density at radius 2 is 2.04 bits per heavy atom. The van der Waals surface area contributed by atoms with Crippen LogP contribution in [-0.2, 0) is 17.9 Å². The molecule has 0 bridgehead atoms. The SMILES string of the molecule is C[C@H]1CN(CCC(F)(F)F)CCN1C(=O)c1cc(C(=O)O)c2n1CCOC2. The van der Waals surface area contributed by atoms with E-state index >= 15 is 0 Å². The molecule has 10 heteroatoms. The minimum atomic E-state index is -4.20. The number of ether oxygens (including phenoxy) is 1. The second-order valence-corrected chi connectivity index (χ2v) is 6.91. The number of fused-ring (bicyclic) bond motifs is 1. The highest BCUT2D eigenvalue weighted by Gasteiger charge is 2.34. The number of carbonyl (C=O) groups excluding carboxylic acids is 1. The average molecular weight is 389 g/mol. The molecule has 0 aromatic carbocycles. The lowest BCUT2D eigenvalue weighted by Crippen LogP contribution is -2.54. The largest absolute Gasteiger partial charge is 0.478 e. The molecule has 1 N–H and O–H groups in total. The first-order valence-electron chi connectivity index (χ1n) is 8.81. The molecule has 0 radical (unpaired) electrons. The molecule has 2 aliphatic heterocycles. The van der Waals surface area contributed by atoms with Crippen molar-refractivity contribution >= 4 is 11.9 Å². The van der Waals surface area contributed by atoms with Crippen molar-refractivity contribution in [3.63, 3.8) is 0 Å². The summed E-state index contributed by atoms with van der Waals surface area (Å²) >= 11 is 0. The molecule has 2 aliphatic rings. The first kappa shape index (κ1) is 19.7. The molecule has 7 nitrogen and oxygen atoms in total. The van der Waals surface area contributed by atoms with Gasteiger partial charge in [0, 0.05) is 38.8 Å². The molecule has 3 rings (SSSR count). The van der Waals surface area contributed by atoms with Gasteiger partial charge in [-0.05, 0) is 13.0 Å². The maximum atomic E-state index is 13.0. The molecule has 150 valence electrons. The number of hydrogen-bond acceptors (Lipinski definition) is 4. The Bertz CT molecular complexity index is 732. The predicted octanol–water partition coefficient (Wildman–Crippen LogP) is 1.82. The van der Waals surface area contributed by atoms with Gasteiger partial charge in [-0.1, -0.05) is 0 Å². The van der Waals surface area contributed by atoms with E-state index in [1.165, 1.54) is 6.07 Å². The number of aromatic nitrogens is 1. The van der Waals surface area contributed by atoms with Crippen LogP contribution in [0, 0.1) is 0 Å². The molecule has 1 fully saturated rings. The quantitative estimate of drug-likeness (QED) is 0.850. The van der Waals surface area contributed by atoms with E-state index in [0.29, 0.717) is 44.2 Å². The molecule has 1 aromatic rings. The van der Waals surface area contributed by atoms with Crippen LogP contribution in [0.2, 0.25) is 0 Å². The van der Waals surface area contributed by atoms with Crippen molar-refractivity contribution in [2.45, 2.75) is 38.7 Å². The monoisotopic (exact) mass is 389 g/mol. The van der Waals surface area contributed by atoms with E-state index in [1.807, 2.05) is 0 Å². The Balaban J connectivity index is 1.73. The Morgan fingerprint density at radius 1 is 1.30 bits per heavy atom. The Hall–Kier alpha value is -2.07. The molecule has 1 aromatic heterocycles. The minimum absolute atomic E-state index is 0.0505. The lowest BCUT2D eigenvalue weighted by atomic mass is 10.1. The van der Waals surface area contributed by atoms with Crippen LogP contribution >= 0.6 is 0 Å². The fourth-order valence-corrected chi connectivity index (χ4v) is 3.66. The number of amides is 1. The number of alkyl halides is 3. The molecule has 0 aliphatic carbocycles. The molecule has 0 unspecified atom stereocenters. The summed E-state index contributed by atoms with van der Waals surface area (Å²) in [5, 5.41) is 9.37. The number of carboxylic acids is 1. The van der Waals surface area contributed by atoms with Gasteiger partial charge < -0.3 is 19.3 Å². The standard InChI is InChI=1S/C17H22F3N3O4/c1-11-9-21(3-2-17(18,19)20)4-5-22(11)15(24)13-8-12(16(25)26)14-10-27-7-6-23(13)14/h8,11H,2-7,9-10H2,1H3,(H,25,26)/t11-/m0/s1. The zero-order valence-electron chi connectivity index (χ0n) is 15.0. The van der Waals surface area contributed by atoms with Crippen LogP contribution in [0.1, 0.15) is 39.9 Å². The molecule has 3 heterocycles. The topological polar surface area (TPSA) is 75.0 Å². The number of hydrogen-bond donors (Lipinski definition) is 1. The van der Waals surface area contributed by atoms with Gasteiger partial charge >= 0.3 is 12.1 Å². The van der Waals surface area contributed by atoms with Crippen molar-refractivity contribution in [2.24, 2.45) is 0 Å². The Kier molecular flexibility index (Phi) is 5.48. The summed E-state index contributed by atoms with van der Waals surface area (Å²) < 4.78 is 44.2. The highest BCUT2D eigenvalue weighted by molar-refractivity contribution is 5.98. The van der Waals surface area contributed by atoms with Crippen LogP contribution in [0.15, 0.2) is 6.07 Å². The summed E-state index contributed by atoms with van der Waals surface area (Å²) in [6, 6.07) is 1.11. The van der Waals surface area contributed by atoms with Gasteiger partial charge in [-0.15, -0.1) is 0 Å². The predicted molar refractivity (Wildman–Crippen MR) is 88.7 cm³/mol.